The fraction of sp³-hybridized carbons (Fsp3) is 0.552. The molecule has 264 valence electrons. The Kier molecular flexibility index (Phi) is 14.4. The zero-order chi connectivity index (χ0) is 36.2. The molecule has 19 heteroatoms. The van der Waals surface area contributed by atoms with Crippen LogP contribution in [0.3, 0.4) is 0 Å². The fourth-order valence-corrected chi connectivity index (χ4v) is 4.62. The lowest BCUT2D eigenvalue weighted by atomic mass is 9.88. The van der Waals surface area contributed by atoms with Crippen LogP contribution in [-0.4, -0.2) is 103 Å². The molecule has 0 aromatic heterocycles. The van der Waals surface area contributed by atoms with Crippen LogP contribution >= 0.6 is 0 Å². The van der Waals surface area contributed by atoms with Crippen molar-refractivity contribution in [3.63, 3.8) is 0 Å². The van der Waals surface area contributed by atoms with Gasteiger partial charge in [-0.15, -0.1) is 0 Å². The number of nitrogens with zero attached hydrogens (tertiary/aromatic N) is 1. The van der Waals surface area contributed by atoms with Crippen LogP contribution in [0.2, 0.25) is 0 Å². The zero-order valence-electron chi connectivity index (χ0n) is 26.9. The summed E-state index contributed by atoms with van der Waals surface area (Å²) in [6, 6.07) is 3.49. The molecule has 19 nitrogen and oxygen atoms in total. The lowest BCUT2D eigenvalue weighted by Crippen LogP contribution is -2.69. The van der Waals surface area contributed by atoms with Crippen molar-refractivity contribution in [2.45, 2.75) is 83.9 Å². The number of nitro groups is 1. The number of esters is 6. The summed E-state index contributed by atoms with van der Waals surface area (Å²) >= 11 is 0. The molecule has 48 heavy (non-hydrogen) atoms. The zero-order valence-corrected chi connectivity index (χ0v) is 26.9. The third kappa shape index (κ3) is 11.6. The maximum Gasteiger partial charge on any atom is 0.366 e. The van der Waals surface area contributed by atoms with Crippen LogP contribution in [0.15, 0.2) is 24.3 Å². The minimum atomic E-state index is -2.50. The van der Waals surface area contributed by atoms with Gasteiger partial charge in [0, 0.05) is 46.8 Å². The Balaban J connectivity index is 2.75. The average molecular weight is 685 g/mol. The highest BCUT2D eigenvalue weighted by Gasteiger charge is 2.59. The molecule has 1 amide bonds. The first-order chi connectivity index (χ1) is 22.5. The van der Waals surface area contributed by atoms with E-state index in [4.69, 9.17) is 37.9 Å². The van der Waals surface area contributed by atoms with Crippen molar-refractivity contribution in [1.29, 1.82) is 0 Å². The van der Waals surface area contributed by atoms with Gasteiger partial charge in [0.1, 0.15) is 18.8 Å². The number of non-ortho nitro benzene ring substituents is 1. The number of amides is 1. The molecule has 1 aliphatic rings. The molecule has 1 aliphatic heterocycles. The van der Waals surface area contributed by atoms with Crippen LogP contribution in [0.5, 0.6) is 0 Å². The number of nitrogens with one attached hydrogen (secondary N) is 1. The first-order valence-electron chi connectivity index (χ1n) is 14.2. The lowest BCUT2D eigenvalue weighted by Gasteiger charge is -2.48. The molecule has 0 spiro atoms. The second kappa shape index (κ2) is 17.7. The summed E-state index contributed by atoms with van der Waals surface area (Å²) in [4.78, 5) is 96.7. The highest BCUT2D eigenvalue weighted by Crippen LogP contribution is 2.37. The van der Waals surface area contributed by atoms with Gasteiger partial charge in [0.05, 0.1) is 31.1 Å². The average Bonchev–Trinajstić information content (AvgIpc) is 3.00. The molecule has 0 saturated carbocycles. The molecule has 1 aromatic carbocycles. The smallest absolute Gasteiger partial charge is 0.366 e. The lowest BCUT2D eigenvalue weighted by molar-refractivity contribution is -0.384. The molecule has 2 rings (SSSR count). The van der Waals surface area contributed by atoms with Crippen LogP contribution in [0.25, 0.3) is 0 Å². The van der Waals surface area contributed by atoms with Gasteiger partial charge in [-0.05, 0) is 17.7 Å². The number of ether oxygens (including phenoxy) is 8. The summed E-state index contributed by atoms with van der Waals surface area (Å²) in [6.07, 6.45) is -7.47. The molecular formula is C29H36N2O17. The van der Waals surface area contributed by atoms with E-state index < -0.39 is 109 Å². The maximum absolute atomic E-state index is 13.4. The van der Waals surface area contributed by atoms with Crippen molar-refractivity contribution in [3.05, 3.63) is 39.9 Å². The van der Waals surface area contributed by atoms with Crippen molar-refractivity contribution in [3.8, 4) is 0 Å². The Bertz CT molecular complexity index is 1380. The van der Waals surface area contributed by atoms with Crippen molar-refractivity contribution in [2.24, 2.45) is 0 Å². The van der Waals surface area contributed by atoms with Gasteiger partial charge >= 0.3 is 35.8 Å². The van der Waals surface area contributed by atoms with E-state index in [1.165, 1.54) is 24.3 Å². The SMILES string of the molecule is COC(=O)[C@@]1(OCc2ccc([N+](=O)[O-])cc2)C[C@H](OC(C)=O)[C@@H](NC(=O)COC(C)=O)[C@H]([C@H](OC(C)=O)[C@@H](COC(C)=O)OC(C)=O)O1. The number of carbonyl (C=O) groups is 7. The third-order valence-electron chi connectivity index (χ3n) is 6.48. The van der Waals surface area contributed by atoms with Crippen LogP contribution < -0.4 is 5.32 Å². The van der Waals surface area contributed by atoms with Crippen molar-refractivity contribution >= 4 is 47.4 Å². The van der Waals surface area contributed by atoms with Gasteiger partial charge in [0.15, 0.2) is 18.8 Å². The summed E-state index contributed by atoms with van der Waals surface area (Å²) in [7, 11) is 0.984. The molecule has 0 bridgehead atoms. The topological polar surface area (TPSA) is 248 Å². The second-order valence-corrected chi connectivity index (χ2v) is 10.3. The predicted molar refractivity (Wildman–Crippen MR) is 154 cm³/mol. The van der Waals surface area contributed by atoms with E-state index in [0.717, 1.165) is 41.7 Å². The molecule has 1 aromatic rings. The van der Waals surface area contributed by atoms with Gasteiger partial charge in [-0.1, -0.05) is 0 Å². The normalized spacial score (nSPS) is 21.3. The minimum absolute atomic E-state index is 0.230. The van der Waals surface area contributed by atoms with Crippen molar-refractivity contribution in [2.75, 3.05) is 20.3 Å². The summed E-state index contributed by atoms with van der Waals surface area (Å²) in [5, 5.41) is 13.5. The van der Waals surface area contributed by atoms with E-state index in [0.29, 0.717) is 5.56 Å². The summed E-state index contributed by atoms with van der Waals surface area (Å²) < 4.78 is 43.1. The Hall–Kier alpha value is -5.17. The van der Waals surface area contributed by atoms with E-state index in [9.17, 15) is 43.7 Å². The molecule has 6 atom stereocenters. The molecular weight excluding hydrogens is 648 g/mol. The number of carbonyl (C=O) groups excluding carboxylic acids is 7. The van der Waals surface area contributed by atoms with E-state index in [1.54, 1.807) is 0 Å². The van der Waals surface area contributed by atoms with Crippen LogP contribution in [0.1, 0.15) is 46.6 Å². The first kappa shape index (κ1) is 39.0. The minimum Gasteiger partial charge on any atom is -0.465 e. The number of nitro benzene ring substituents is 1. The number of rotatable bonds is 15. The monoisotopic (exact) mass is 684 g/mol. The first-order valence-corrected chi connectivity index (χ1v) is 14.2. The quantitative estimate of drug-likeness (QED) is 0.112. The summed E-state index contributed by atoms with van der Waals surface area (Å²) in [5.74, 6) is -9.10. The Labute approximate surface area is 273 Å². The van der Waals surface area contributed by atoms with Gasteiger partial charge in [-0.25, -0.2) is 4.79 Å². The predicted octanol–water partition coefficient (Wildman–Crippen LogP) is 0.176. The Morgan fingerprint density at radius 3 is 2.02 bits per heavy atom. The highest BCUT2D eigenvalue weighted by atomic mass is 16.7. The van der Waals surface area contributed by atoms with Crippen LogP contribution in [0.4, 0.5) is 5.69 Å². The number of hydrogen-bond acceptors (Lipinski definition) is 17. The van der Waals surface area contributed by atoms with Crippen LogP contribution in [-0.2, 0) is 78.1 Å². The van der Waals surface area contributed by atoms with E-state index in [1.807, 2.05) is 0 Å². The molecule has 0 aliphatic carbocycles. The Morgan fingerprint density at radius 1 is 0.917 bits per heavy atom. The molecule has 1 heterocycles. The van der Waals surface area contributed by atoms with Crippen LogP contribution in [0, 0.1) is 10.1 Å². The standard InChI is InChI=1S/C29H36N2O17/c1-15(32)42-13-23(46-18(4)35)26(47-19(5)36)27-25(30-24(37)14-43-16(2)33)22(45-17(3)34)11-29(48-27,28(38)41-6)44-12-20-7-9-21(10-8-20)31(39)40/h7-10,22-23,25-27H,11-14H2,1-6H3,(H,30,37)/t22-,23+,25+,26+,27+,29+/m0/s1. The maximum atomic E-state index is 13.4. The van der Waals surface area contributed by atoms with Gasteiger partial charge < -0.3 is 43.2 Å². The van der Waals surface area contributed by atoms with Gasteiger partial charge in [0.2, 0.25) is 0 Å². The van der Waals surface area contributed by atoms with Gasteiger partial charge in [-0.3, -0.25) is 38.9 Å². The summed E-state index contributed by atoms with van der Waals surface area (Å²) in [6.45, 7) is 3.11. The third-order valence-corrected chi connectivity index (χ3v) is 6.48. The van der Waals surface area contributed by atoms with Gasteiger partial charge in [0.25, 0.3) is 17.4 Å². The molecule has 1 N–H and O–H groups in total. The number of benzene rings is 1. The van der Waals surface area contributed by atoms with Gasteiger partial charge in [-0.2, -0.15) is 0 Å². The van der Waals surface area contributed by atoms with E-state index in [-0.39, 0.29) is 5.69 Å². The van der Waals surface area contributed by atoms with Crippen molar-refractivity contribution in [1.82, 2.24) is 5.32 Å². The fourth-order valence-electron chi connectivity index (χ4n) is 4.62. The van der Waals surface area contributed by atoms with E-state index in [2.05, 4.69) is 5.32 Å². The van der Waals surface area contributed by atoms with Crippen molar-refractivity contribution < 1.29 is 76.4 Å². The second-order valence-electron chi connectivity index (χ2n) is 10.3. The molecule has 1 saturated heterocycles. The molecule has 0 unspecified atom stereocenters. The number of hydrogen-bond donors (Lipinski definition) is 1. The summed E-state index contributed by atoms with van der Waals surface area (Å²) in [5.41, 5.74) is 0.0836. The number of methoxy groups -OCH3 is 1. The Morgan fingerprint density at radius 2 is 1.52 bits per heavy atom. The largest absolute Gasteiger partial charge is 0.465 e. The van der Waals surface area contributed by atoms with E-state index >= 15 is 0 Å². The molecule has 1 fully saturated rings. The highest BCUT2D eigenvalue weighted by molar-refractivity contribution is 5.81. The molecule has 0 radical (unpaired) electrons.